The topological polar surface area (TPSA) is 29.5 Å². The minimum Gasteiger partial charge on any atom is -0.393 e. The van der Waals surface area contributed by atoms with Crippen LogP contribution < -0.4 is 0 Å². The average molecular weight is 270 g/mol. The van der Waals surface area contributed by atoms with Gasteiger partial charge in [-0.3, -0.25) is 0 Å². The standard InChI is InChI=1S/C17H34O2/c1-3-5-6-7-8-9-10-11-16(18)12-15-13-17(14-15)19-4-2/h15-18H,3-14H2,1-2H3. The summed E-state index contributed by atoms with van der Waals surface area (Å²) in [5.41, 5.74) is 0. The maximum atomic E-state index is 10.0. The summed E-state index contributed by atoms with van der Waals surface area (Å²) in [4.78, 5) is 0. The summed E-state index contributed by atoms with van der Waals surface area (Å²) in [7, 11) is 0. The highest BCUT2D eigenvalue weighted by Gasteiger charge is 2.30. The van der Waals surface area contributed by atoms with Crippen molar-refractivity contribution >= 4 is 0 Å². The number of aliphatic hydroxyl groups is 1. The van der Waals surface area contributed by atoms with E-state index in [-0.39, 0.29) is 6.10 Å². The zero-order valence-electron chi connectivity index (χ0n) is 13.1. The summed E-state index contributed by atoms with van der Waals surface area (Å²) in [5, 5.41) is 10.0. The van der Waals surface area contributed by atoms with Crippen LogP contribution in [0.5, 0.6) is 0 Å². The van der Waals surface area contributed by atoms with Gasteiger partial charge in [0.15, 0.2) is 0 Å². The van der Waals surface area contributed by atoms with E-state index in [1.807, 2.05) is 0 Å². The van der Waals surface area contributed by atoms with E-state index in [4.69, 9.17) is 4.74 Å². The summed E-state index contributed by atoms with van der Waals surface area (Å²) < 4.78 is 5.55. The van der Waals surface area contributed by atoms with Crippen LogP contribution in [0.3, 0.4) is 0 Å². The van der Waals surface area contributed by atoms with E-state index in [9.17, 15) is 5.11 Å². The Labute approximate surface area is 119 Å². The normalized spacial score (nSPS) is 24.2. The van der Waals surface area contributed by atoms with Gasteiger partial charge >= 0.3 is 0 Å². The number of rotatable bonds is 12. The van der Waals surface area contributed by atoms with Crippen LogP contribution in [0.4, 0.5) is 0 Å². The van der Waals surface area contributed by atoms with Gasteiger partial charge < -0.3 is 9.84 Å². The predicted molar refractivity (Wildman–Crippen MR) is 81.4 cm³/mol. The molecule has 0 bridgehead atoms. The van der Waals surface area contributed by atoms with E-state index >= 15 is 0 Å². The molecule has 1 aliphatic rings. The molecule has 0 amide bonds. The van der Waals surface area contributed by atoms with Crippen LogP contribution in [0.1, 0.15) is 84.5 Å². The van der Waals surface area contributed by atoms with Gasteiger partial charge in [0.25, 0.3) is 0 Å². The fraction of sp³-hybridized carbons (Fsp3) is 1.00. The first-order valence-corrected chi connectivity index (χ1v) is 8.55. The van der Waals surface area contributed by atoms with Crippen molar-refractivity contribution in [1.82, 2.24) is 0 Å². The lowest BCUT2D eigenvalue weighted by Crippen LogP contribution is -2.33. The van der Waals surface area contributed by atoms with Crippen molar-refractivity contribution in [3.8, 4) is 0 Å². The summed E-state index contributed by atoms with van der Waals surface area (Å²) in [6, 6.07) is 0. The zero-order valence-corrected chi connectivity index (χ0v) is 13.1. The Kier molecular flexibility index (Phi) is 9.54. The molecule has 0 heterocycles. The smallest absolute Gasteiger partial charge is 0.0580 e. The predicted octanol–water partition coefficient (Wildman–Crippen LogP) is 4.69. The molecule has 19 heavy (non-hydrogen) atoms. The molecule has 1 unspecified atom stereocenters. The summed E-state index contributed by atoms with van der Waals surface area (Å²) in [6.45, 7) is 5.15. The first kappa shape index (κ1) is 17.0. The van der Waals surface area contributed by atoms with Crippen molar-refractivity contribution in [3.05, 3.63) is 0 Å². The summed E-state index contributed by atoms with van der Waals surface area (Å²) in [6.07, 6.45) is 14.1. The van der Waals surface area contributed by atoms with E-state index in [0.717, 1.165) is 25.4 Å². The lowest BCUT2D eigenvalue weighted by Gasteiger charge is -2.36. The highest BCUT2D eigenvalue weighted by molar-refractivity contribution is 4.82. The third-order valence-corrected chi connectivity index (χ3v) is 4.34. The SMILES string of the molecule is CCCCCCCCCC(O)CC1CC(OCC)C1. The van der Waals surface area contributed by atoms with E-state index in [0.29, 0.717) is 6.10 Å². The Morgan fingerprint density at radius 1 is 1.00 bits per heavy atom. The van der Waals surface area contributed by atoms with Crippen LogP contribution >= 0.6 is 0 Å². The molecule has 0 aromatic rings. The molecule has 0 radical (unpaired) electrons. The number of hydrogen-bond donors (Lipinski definition) is 1. The number of aliphatic hydroxyl groups excluding tert-OH is 1. The van der Waals surface area contributed by atoms with Gasteiger partial charge in [-0.15, -0.1) is 0 Å². The molecule has 2 heteroatoms. The number of unbranched alkanes of at least 4 members (excludes halogenated alkanes) is 6. The number of hydrogen-bond acceptors (Lipinski definition) is 2. The molecular weight excluding hydrogens is 236 g/mol. The summed E-state index contributed by atoms with van der Waals surface area (Å²) >= 11 is 0. The Bertz CT molecular complexity index is 199. The van der Waals surface area contributed by atoms with Crippen LogP contribution in [0.25, 0.3) is 0 Å². The van der Waals surface area contributed by atoms with Crippen LogP contribution in [0, 0.1) is 5.92 Å². The Morgan fingerprint density at radius 2 is 1.63 bits per heavy atom. The molecule has 0 aliphatic heterocycles. The summed E-state index contributed by atoms with van der Waals surface area (Å²) in [5.74, 6) is 0.719. The van der Waals surface area contributed by atoms with Crippen molar-refractivity contribution in [3.63, 3.8) is 0 Å². The first-order valence-electron chi connectivity index (χ1n) is 8.55. The highest BCUT2D eigenvalue weighted by Crippen LogP contribution is 2.34. The van der Waals surface area contributed by atoms with E-state index in [2.05, 4.69) is 13.8 Å². The third kappa shape index (κ3) is 7.94. The van der Waals surface area contributed by atoms with Gasteiger partial charge in [0.2, 0.25) is 0 Å². The highest BCUT2D eigenvalue weighted by atomic mass is 16.5. The molecule has 1 atom stereocenters. The van der Waals surface area contributed by atoms with Crippen molar-refractivity contribution < 1.29 is 9.84 Å². The minimum absolute atomic E-state index is 0.0665. The third-order valence-electron chi connectivity index (χ3n) is 4.34. The second kappa shape index (κ2) is 10.7. The quantitative estimate of drug-likeness (QED) is 0.521. The van der Waals surface area contributed by atoms with Crippen LogP contribution in [0.2, 0.25) is 0 Å². The molecule has 1 rings (SSSR count). The van der Waals surface area contributed by atoms with E-state index in [1.165, 1.54) is 57.8 Å². The van der Waals surface area contributed by atoms with Crippen molar-refractivity contribution in [1.29, 1.82) is 0 Å². The molecule has 1 fully saturated rings. The molecule has 2 nitrogen and oxygen atoms in total. The van der Waals surface area contributed by atoms with Crippen molar-refractivity contribution in [2.75, 3.05) is 6.61 Å². The molecule has 1 N–H and O–H groups in total. The van der Waals surface area contributed by atoms with Gasteiger partial charge in [0.1, 0.15) is 0 Å². The maximum Gasteiger partial charge on any atom is 0.0580 e. The second-order valence-electron chi connectivity index (χ2n) is 6.21. The molecule has 114 valence electrons. The van der Waals surface area contributed by atoms with Gasteiger partial charge in [0.05, 0.1) is 12.2 Å². The van der Waals surface area contributed by atoms with E-state index in [1.54, 1.807) is 0 Å². The van der Waals surface area contributed by atoms with Crippen LogP contribution in [-0.2, 0) is 4.74 Å². The zero-order chi connectivity index (χ0) is 13.9. The van der Waals surface area contributed by atoms with Gasteiger partial charge in [0, 0.05) is 6.61 Å². The Balaban J connectivity index is 1.85. The number of ether oxygens (including phenoxy) is 1. The molecule has 0 aromatic heterocycles. The van der Waals surface area contributed by atoms with Crippen molar-refractivity contribution in [2.45, 2.75) is 96.7 Å². The lowest BCUT2D eigenvalue weighted by molar-refractivity contribution is -0.0384. The monoisotopic (exact) mass is 270 g/mol. The van der Waals surface area contributed by atoms with Gasteiger partial charge in [-0.1, -0.05) is 51.9 Å². The fourth-order valence-corrected chi connectivity index (χ4v) is 3.08. The van der Waals surface area contributed by atoms with Crippen molar-refractivity contribution in [2.24, 2.45) is 5.92 Å². The molecule has 1 aliphatic carbocycles. The first-order chi connectivity index (χ1) is 9.26. The molecule has 1 saturated carbocycles. The van der Waals surface area contributed by atoms with Crippen LogP contribution in [0.15, 0.2) is 0 Å². The van der Waals surface area contributed by atoms with Crippen LogP contribution in [-0.4, -0.2) is 23.9 Å². The van der Waals surface area contributed by atoms with Gasteiger partial charge in [-0.05, 0) is 38.5 Å². The lowest BCUT2D eigenvalue weighted by atomic mass is 9.78. The largest absolute Gasteiger partial charge is 0.393 e. The second-order valence-corrected chi connectivity index (χ2v) is 6.21. The van der Waals surface area contributed by atoms with Gasteiger partial charge in [-0.25, -0.2) is 0 Å². The molecule has 0 spiro atoms. The molecule has 0 saturated heterocycles. The van der Waals surface area contributed by atoms with Gasteiger partial charge in [-0.2, -0.15) is 0 Å². The fourth-order valence-electron chi connectivity index (χ4n) is 3.08. The average Bonchev–Trinajstić information content (AvgIpc) is 2.35. The molecular formula is C17H34O2. The maximum absolute atomic E-state index is 10.0. The molecule has 0 aromatic carbocycles. The van der Waals surface area contributed by atoms with E-state index < -0.39 is 0 Å². The minimum atomic E-state index is -0.0665. The Morgan fingerprint density at radius 3 is 2.26 bits per heavy atom. The Hall–Kier alpha value is -0.0800.